The molecule has 9 nitrogen and oxygen atoms in total. The van der Waals surface area contributed by atoms with Gasteiger partial charge in [-0.1, -0.05) is 18.2 Å². The van der Waals surface area contributed by atoms with E-state index >= 15 is 0 Å². The lowest BCUT2D eigenvalue weighted by atomic mass is 10.1. The first-order valence-corrected chi connectivity index (χ1v) is 11.5. The van der Waals surface area contributed by atoms with Crippen molar-refractivity contribution >= 4 is 22.9 Å². The zero-order valence-corrected chi connectivity index (χ0v) is 18.7. The molecule has 0 saturated carbocycles. The standard InChI is InChI=1S/C24H28N6O3/c1-31-11-4-10-28-15-25-23-27-22(17-8-9-20-21(14-17)33-13-5-12-32-20)30-19-7-3-2-6-18(19)26-24(30)29(23)16-28/h2-3,6-9,14,22H,4-5,10-13,15-16H2,1H3,(H,25,27). The van der Waals surface area contributed by atoms with Crippen LogP contribution in [0.1, 0.15) is 24.6 Å². The summed E-state index contributed by atoms with van der Waals surface area (Å²) in [4.78, 5) is 14.3. The Hall–Kier alpha value is -3.30. The minimum Gasteiger partial charge on any atom is -0.490 e. The lowest BCUT2D eigenvalue weighted by Crippen LogP contribution is -2.57. The van der Waals surface area contributed by atoms with Crippen LogP contribution in [0.3, 0.4) is 0 Å². The van der Waals surface area contributed by atoms with Crippen LogP contribution in [0, 0.1) is 0 Å². The Morgan fingerprint density at radius 2 is 2.00 bits per heavy atom. The van der Waals surface area contributed by atoms with E-state index in [1.165, 1.54) is 0 Å². The molecular weight excluding hydrogens is 420 g/mol. The van der Waals surface area contributed by atoms with Crippen molar-refractivity contribution < 1.29 is 14.2 Å². The van der Waals surface area contributed by atoms with Gasteiger partial charge in [0, 0.05) is 26.7 Å². The van der Waals surface area contributed by atoms with Gasteiger partial charge in [0.15, 0.2) is 11.5 Å². The quantitative estimate of drug-likeness (QED) is 0.602. The summed E-state index contributed by atoms with van der Waals surface area (Å²) in [6.45, 7) is 4.39. The number of benzene rings is 2. The fourth-order valence-corrected chi connectivity index (χ4v) is 4.67. The zero-order chi connectivity index (χ0) is 22.2. The van der Waals surface area contributed by atoms with Crippen LogP contribution in [0.4, 0.5) is 5.95 Å². The molecule has 1 unspecified atom stereocenters. The molecule has 0 spiro atoms. The van der Waals surface area contributed by atoms with E-state index in [1.807, 2.05) is 12.1 Å². The van der Waals surface area contributed by atoms with Crippen molar-refractivity contribution in [3.63, 3.8) is 0 Å². The summed E-state index contributed by atoms with van der Waals surface area (Å²) in [5.41, 5.74) is 3.12. The second kappa shape index (κ2) is 8.57. The Bertz CT molecular complexity index is 1190. The zero-order valence-electron chi connectivity index (χ0n) is 18.7. The molecule has 0 fully saturated rings. The van der Waals surface area contributed by atoms with Crippen LogP contribution in [0.15, 0.2) is 47.5 Å². The van der Waals surface area contributed by atoms with E-state index < -0.39 is 0 Å². The van der Waals surface area contributed by atoms with E-state index in [1.54, 1.807) is 7.11 Å². The molecule has 9 heteroatoms. The van der Waals surface area contributed by atoms with Crippen molar-refractivity contribution in [1.29, 1.82) is 0 Å². The number of nitrogens with zero attached hydrogens (tertiary/aromatic N) is 5. The third kappa shape index (κ3) is 3.67. The monoisotopic (exact) mass is 448 g/mol. The van der Waals surface area contributed by atoms with Gasteiger partial charge in [-0.2, -0.15) is 0 Å². The summed E-state index contributed by atoms with van der Waals surface area (Å²) in [6.07, 6.45) is 1.70. The van der Waals surface area contributed by atoms with Gasteiger partial charge in [-0.3, -0.25) is 14.4 Å². The van der Waals surface area contributed by atoms with Crippen LogP contribution in [0.5, 0.6) is 11.5 Å². The summed E-state index contributed by atoms with van der Waals surface area (Å²) in [7, 11) is 1.74. The molecule has 0 bridgehead atoms. The fraction of sp³-hybridized carbons (Fsp3) is 0.417. The molecule has 0 radical (unpaired) electrons. The summed E-state index contributed by atoms with van der Waals surface area (Å²) in [6, 6.07) is 14.4. The van der Waals surface area contributed by atoms with Gasteiger partial charge >= 0.3 is 0 Å². The second-order valence-electron chi connectivity index (χ2n) is 8.51. The van der Waals surface area contributed by atoms with Gasteiger partial charge in [0.05, 0.1) is 37.6 Å². The van der Waals surface area contributed by atoms with Gasteiger partial charge in [0.2, 0.25) is 11.9 Å². The number of aromatic nitrogens is 2. The van der Waals surface area contributed by atoms with Gasteiger partial charge in [-0.15, -0.1) is 0 Å². The molecule has 1 aromatic heterocycles. The number of fused-ring (bicyclic) bond motifs is 6. The number of hydrogen-bond donors (Lipinski definition) is 1. The van der Waals surface area contributed by atoms with E-state index in [0.717, 1.165) is 72.7 Å². The van der Waals surface area contributed by atoms with Gasteiger partial charge < -0.3 is 19.5 Å². The van der Waals surface area contributed by atoms with E-state index in [0.29, 0.717) is 19.9 Å². The van der Waals surface area contributed by atoms with Crippen LogP contribution in [0.2, 0.25) is 0 Å². The Balaban J connectivity index is 1.40. The molecule has 0 aliphatic carbocycles. The molecular formula is C24H28N6O3. The lowest BCUT2D eigenvalue weighted by molar-refractivity contribution is 0.171. The molecule has 0 amide bonds. The van der Waals surface area contributed by atoms with Crippen molar-refractivity contribution in [3.05, 3.63) is 48.0 Å². The first-order chi connectivity index (χ1) is 16.3. The van der Waals surface area contributed by atoms with Crippen molar-refractivity contribution in [2.45, 2.75) is 19.0 Å². The molecule has 4 heterocycles. The largest absolute Gasteiger partial charge is 0.490 e. The average Bonchev–Trinajstić information content (AvgIpc) is 3.08. The van der Waals surface area contributed by atoms with Crippen LogP contribution in [-0.2, 0) is 4.74 Å². The highest BCUT2D eigenvalue weighted by atomic mass is 16.5. The molecule has 1 N–H and O–H groups in total. The molecule has 1 atom stereocenters. The Kier molecular flexibility index (Phi) is 5.27. The lowest BCUT2D eigenvalue weighted by Gasteiger charge is -2.41. The molecule has 2 aromatic carbocycles. The summed E-state index contributed by atoms with van der Waals surface area (Å²) in [5, 5.41) is 3.67. The minimum absolute atomic E-state index is 0.153. The van der Waals surface area contributed by atoms with Crippen molar-refractivity contribution in [2.75, 3.05) is 51.7 Å². The van der Waals surface area contributed by atoms with Gasteiger partial charge in [0.25, 0.3) is 0 Å². The van der Waals surface area contributed by atoms with Gasteiger partial charge in [0.1, 0.15) is 6.17 Å². The number of methoxy groups -OCH3 is 1. The summed E-state index contributed by atoms with van der Waals surface area (Å²) < 4.78 is 19.3. The maximum absolute atomic E-state index is 5.97. The number of anilines is 1. The smallest absolute Gasteiger partial charge is 0.216 e. The van der Waals surface area contributed by atoms with Crippen LogP contribution in [0.25, 0.3) is 11.0 Å². The summed E-state index contributed by atoms with van der Waals surface area (Å²) in [5.74, 6) is 3.32. The number of aliphatic imine (C=N–C) groups is 1. The maximum atomic E-state index is 5.97. The first-order valence-electron chi connectivity index (χ1n) is 11.5. The van der Waals surface area contributed by atoms with Gasteiger partial charge in [-0.05, 0) is 36.2 Å². The van der Waals surface area contributed by atoms with Crippen molar-refractivity contribution in [1.82, 2.24) is 19.8 Å². The Morgan fingerprint density at radius 1 is 1.12 bits per heavy atom. The van der Waals surface area contributed by atoms with Gasteiger partial charge in [-0.25, -0.2) is 9.98 Å². The molecule has 3 aliphatic rings. The maximum Gasteiger partial charge on any atom is 0.216 e. The molecule has 0 saturated heterocycles. The number of ether oxygens (including phenoxy) is 3. The summed E-state index contributed by atoms with van der Waals surface area (Å²) >= 11 is 0. The number of hydrogen-bond acceptors (Lipinski definition) is 8. The molecule has 172 valence electrons. The Morgan fingerprint density at radius 3 is 2.91 bits per heavy atom. The number of para-hydroxylation sites is 2. The highest BCUT2D eigenvalue weighted by molar-refractivity contribution is 5.98. The first kappa shape index (κ1) is 20.3. The molecule has 33 heavy (non-hydrogen) atoms. The second-order valence-corrected chi connectivity index (χ2v) is 8.51. The average molecular weight is 449 g/mol. The number of guanidine groups is 1. The Labute approximate surface area is 192 Å². The van der Waals surface area contributed by atoms with Crippen molar-refractivity contribution in [2.24, 2.45) is 4.99 Å². The third-order valence-electron chi connectivity index (χ3n) is 6.27. The predicted octanol–water partition coefficient (Wildman–Crippen LogP) is 2.78. The van der Waals surface area contributed by atoms with Crippen LogP contribution < -0.4 is 19.7 Å². The highest BCUT2D eigenvalue weighted by Gasteiger charge is 2.36. The molecule has 6 rings (SSSR count). The number of nitrogens with one attached hydrogen (secondary N) is 1. The SMILES string of the molecule is COCCCN1CN=C2NC(c3ccc4c(c3)OCCCO4)n3c(nc4ccccc43)N2C1. The van der Waals surface area contributed by atoms with Crippen LogP contribution >= 0.6 is 0 Å². The normalized spacial score (nSPS) is 20.0. The van der Waals surface area contributed by atoms with Crippen LogP contribution in [-0.4, -0.2) is 67.2 Å². The number of imidazole rings is 1. The topological polar surface area (TPSA) is 76.4 Å². The molecule has 3 aliphatic heterocycles. The fourth-order valence-electron chi connectivity index (χ4n) is 4.67. The van der Waals surface area contributed by atoms with Crippen molar-refractivity contribution in [3.8, 4) is 11.5 Å². The number of rotatable bonds is 5. The van der Waals surface area contributed by atoms with E-state index in [-0.39, 0.29) is 6.17 Å². The highest BCUT2D eigenvalue weighted by Crippen LogP contribution is 2.37. The van der Waals surface area contributed by atoms with E-state index in [4.69, 9.17) is 24.2 Å². The molecule has 3 aromatic rings. The minimum atomic E-state index is -0.153. The van der Waals surface area contributed by atoms with E-state index in [2.05, 4.69) is 50.0 Å². The predicted molar refractivity (Wildman–Crippen MR) is 126 cm³/mol. The van der Waals surface area contributed by atoms with E-state index in [9.17, 15) is 0 Å². The third-order valence-corrected chi connectivity index (χ3v) is 6.27.